The maximum absolute atomic E-state index is 6.10. The normalized spacial score (nSPS) is 22.0. The van der Waals surface area contributed by atoms with Gasteiger partial charge in [-0.25, -0.2) is 4.98 Å². The van der Waals surface area contributed by atoms with Gasteiger partial charge in [0.25, 0.3) is 0 Å². The van der Waals surface area contributed by atoms with Crippen molar-refractivity contribution in [3.8, 4) is 0 Å². The van der Waals surface area contributed by atoms with E-state index < -0.39 is 0 Å². The molecule has 0 amide bonds. The molecule has 20 heavy (non-hydrogen) atoms. The summed E-state index contributed by atoms with van der Waals surface area (Å²) in [5.41, 5.74) is 7.06. The maximum Gasteiger partial charge on any atom is 0.244 e. The van der Waals surface area contributed by atoms with Crippen LogP contribution in [0.25, 0.3) is 0 Å². The predicted molar refractivity (Wildman–Crippen MR) is 76.2 cm³/mol. The highest BCUT2D eigenvalue weighted by Gasteiger charge is 2.27. The Hall–Kier alpha value is -1.38. The minimum Gasteiger partial charge on any atom is -0.348 e. The van der Waals surface area contributed by atoms with E-state index in [-0.39, 0.29) is 12.1 Å². The third-order valence-electron chi connectivity index (χ3n) is 3.46. The van der Waals surface area contributed by atoms with Gasteiger partial charge in [-0.05, 0) is 7.05 Å². The molecule has 7 nitrogen and oxygen atoms in total. The third kappa shape index (κ3) is 2.87. The van der Waals surface area contributed by atoms with Crippen molar-refractivity contribution >= 4 is 11.8 Å². The molecule has 2 unspecified atom stereocenters. The van der Waals surface area contributed by atoms with E-state index in [1.165, 1.54) is 0 Å². The van der Waals surface area contributed by atoms with E-state index in [1.54, 1.807) is 12.5 Å². The number of aromatic amines is 1. The molecule has 1 aliphatic heterocycles. The summed E-state index contributed by atoms with van der Waals surface area (Å²) in [5.74, 6) is 3.36. The van der Waals surface area contributed by atoms with Crippen molar-refractivity contribution in [3.63, 3.8) is 0 Å². The molecule has 0 aliphatic carbocycles. The third-order valence-corrected chi connectivity index (χ3v) is 4.49. The molecular formula is C12H18N6OS. The molecule has 108 valence electrons. The zero-order valence-electron chi connectivity index (χ0n) is 11.3. The maximum atomic E-state index is 6.10. The molecule has 1 saturated heterocycles. The van der Waals surface area contributed by atoms with E-state index >= 15 is 0 Å². The van der Waals surface area contributed by atoms with Gasteiger partial charge in [-0.2, -0.15) is 16.7 Å². The molecule has 2 aromatic rings. The van der Waals surface area contributed by atoms with E-state index in [0.29, 0.717) is 12.3 Å². The molecule has 2 atom stereocenters. The lowest BCUT2D eigenvalue weighted by Gasteiger charge is -2.29. The highest BCUT2D eigenvalue weighted by Crippen LogP contribution is 2.27. The molecule has 3 heterocycles. The number of imidazole rings is 1. The Morgan fingerprint density at radius 1 is 1.65 bits per heavy atom. The van der Waals surface area contributed by atoms with Crippen LogP contribution in [-0.4, -0.2) is 50.1 Å². The van der Waals surface area contributed by atoms with Crippen molar-refractivity contribution in [1.82, 2.24) is 25.0 Å². The fourth-order valence-electron chi connectivity index (χ4n) is 2.21. The molecule has 0 aromatic carbocycles. The predicted octanol–water partition coefficient (Wildman–Crippen LogP) is 0.755. The SMILES string of the molecule is CN1CCSCC1c1noc(C(N)Cc2cnc[nH]2)n1. The van der Waals surface area contributed by atoms with Crippen molar-refractivity contribution in [3.05, 3.63) is 29.9 Å². The van der Waals surface area contributed by atoms with E-state index in [4.69, 9.17) is 10.3 Å². The number of nitrogens with one attached hydrogen (secondary N) is 1. The Kier molecular flexibility index (Phi) is 4.04. The van der Waals surface area contributed by atoms with Crippen LogP contribution in [0, 0.1) is 0 Å². The molecule has 1 fully saturated rings. The Morgan fingerprint density at radius 3 is 3.30 bits per heavy atom. The standard InChI is InChI=1S/C12H18N6OS/c1-18-2-3-20-6-10(18)11-16-12(19-17-11)9(13)4-8-5-14-7-15-8/h5,7,9-10H,2-4,6,13H2,1H3,(H,14,15). The number of rotatable bonds is 4. The molecule has 1 aliphatic rings. The molecule has 0 spiro atoms. The zero-order valence-corrected chi connectivity index (χ0v) is 12.1. The topological polar surface area (TPSA) is 96.9 Å². The van der Waals surface area contributed by atoms with Gasteiger partial charge in [-0.1, -0.05) is 5.16 Å². The highest BCUT2D eigenvalue weighted by molar-refractivity contribution is 7.99. The molecule has 0 saturated carbocycles. The van der Waals surface area contributed by atoms with Gasteiger partial charge >= 0.3 is 0 Å². The first kappa shape index (κ1) is 13.6. The quantitative estimate of drug-likeness (QED) is 0.859. The van der Waals surface area contributed by atoms with Crippen LogP contribution in [0.4, 0.5) is 0 Å². The largest absolute Gasteiger partial charge is 0.348 e. The molecule has 3 rings (SSSR count). The first-order valence-corrected chi connectivity index (χ1v) is 7.74. The monoisotopic (exact) mass is 294 g/mol. The van der Waals surface area contributed by atoms with Crippen LogP contribution in [-0.2, 0) is 6.42 Å². The first-order chi connectivity index (χ1) is 9.74. The number of hydrogen-bond donors (Lipinski definition) is 2. The molecule has 3 N–H and O–H groups in total. The lowest BCUT2D eigenvalue weighted by atomic mass is 10.2. The lowest BCUT2D eigenvalue weighted by Crippen LogP contribution is -2.33. The average molecular weight is 294 g/mol. The molecule has 2 aromatic heterocycles. The van der Waals surface area contributed by atoms with Crippen LogP contribution < -0.4 is 5.73 Å². The fourth-order valence-corrected chi connectivity index (χ4v) is 3.42. The van der Waals surface area contributed by atoms with Crippen molar-refractivity contribution in [2.75, 3.05) is 25.1 Å². The van der Waals surface area contributed by atoms with Gasteiger partial charge in [0.2, 0.25) is 5.89 Å². The Morgan fingerprint density at radius 2 is 2.55 bits per heavy atom. The van der Waals surface area contributed by atoms with Crippen LogP contribution in [0.3, 0.4) is 0 Å². The summed E-state index contributed by atoms with van der Waals surface area (Å²) in [4.78, 5) is 13.7. The zero-order chi connectivity index (χ0) is 13.9. The van der Waals surface area contributed by atoms with Crippen LogP contribution in [0.2, 0.25) is 0 Å². The number of H-pyrrole nitrogens is 1. The summed E-state index contributed by atoms with van der Waals surface area (Å²) in [6, 6.07) is -0.0937. The van der Waals surface area contributed by atoms with Gasteiger partial charge in [-0.15, -0.1) is 0 Å². The molecular weight excluding hydrogens is 276 g/mol. The van der Waals surface area contributed by atoms with Crippen LogP contribution in [0.15, 0.2) is 17.0 Å². The summed E-state index contributed by atoms with van der Waals surface area (Å²) >= 11 is 1.92. The summed E-state index contributed by atoms with van der Waals surface area (Å²) in [6.07, 6.45) is 4.00. The summed E-state index contributed by atoms with van der Waals surface area (Å²) in [6.45, 7) is 1.04. The summed E-state index contributed by atoms with van der Waals surface area (Å²) < 4.78 is 5.32. The van der Waals surface area contributed by atoms with Gasteiger partial charge < -0.3 is 15.2 Å². The van der Waals surface area contributed by atoms with Crippen molar-refractivity contribution in [2.24, 2.45) is 5.73 Å². The average Bonchev–Trinajstić information content (AvgIpc) is 3.10. The number of hydrogen-bond acceptors (Lipinski definition) is 7. The van der Waals surface area contributed by atoms with Gasteiger partial charge in [0.15, 0.2) is 5.82 Å². The van der Waals surface area contributed by atoms with Gasteiger partial charge in [-0.3, -0.25) is 4.90 Å². The van der Waals surface area contributed by atoms with Crippen LogP contribution in [0.5, 0.6) is 0 Å². The minimum absolute atomic E-state index is 0.214. The molecule has 0 radical (unpaired) electrons. The summed E-state index contributed by atoms with van der Waals surface area (Å²) in [7, 11) is 2.09. The smallest absolute Gasteiger partial charge is 0.244 e. The second kappa shape index (κ2) is 5.94. The van der Waals surface area contributed by atoms with Crippen molar-refractivity contribution in [1.29, 1.82) is 0 Å². The summed E-state index contributed by atoms with van der Waals surface area (Å²) in [5, 5.41) is 4.09. The fraction of sp³-hybridized carbons (Fsp3) is 0.583. The van der Waals surface area contributed by atoms with Crippen LogP contribution >= 0.6 is 11.8 Å². The lowest BCUT2D eigenvalue weighted by molar-refractivity contribution is 0.256. The molecule has 8 heteroatoms. The van der Waals surface area contributed by atoms with E-state index in [1.807, 2.05) is 11.8 Å². The minimum atomic E-state index is -0.307. The van der Waals surface area contributed by atoms with Crippen LogP contribution in [0.1, 0.15) is 29.5 Å². The Labute approximate surface area is 121 Å². The van der Waals surface area contributed by atoms with Crippen molar-refractivity contribution < 1.29 is 4.52 Å². The number of nitrogens with two attached hydrogens (primary N) is 1. The van der Waals surface area contributed by atoms with Gasteiger partial charge in [0, 0.05) is 36.4 Å². The van der Waals surface area contributed by atoms with Gasteiger partial charge in [0.05, 0.1) is 18.4 Å². The van der Waals surface area contributed by atoms with E-state index in [0.717, 1.165) is 29.6 Å². The number of aromatic nitrogens is 4. The van der Waals surface area contributed by atoms with E-state index in [2.05, 4.69) is 32.1 Å². The number of thioether (sulfide) groups is 1. The van der Waals surface area contributed by atoms with Gasteiger partial charge in [0.1, 0.15) is 0 Å². The Balaban J connectivity index is 1.69. The second-order valence-electron chi connectivity index (χ2n) is 4.95. The first-order valence-electron chi connectivity index (χ1n) is 6.58. The second-order valence-corrected chi connectivity index (χ2v) is 6.10. The van der Waals surface area contributed by atoms with Crippen molar-refractivity contribution in [2.45, 2.75) is 18.5 Å². The Bertz CT molecular complexity index is 542. The van der Waals surface area contributed by atoms with E-state index in [9.17, 15) is 0 Å². The molecule has 0 bridgehead atoms. The highest BCUT2D eigenvalue weighted by atomic mass is 32.2. The number of nitrogens with zero attached hydrogens (tertiary/aromatic N) is 4.